The van der Waals surface area contributed by atoms with Gasteiger partial charge in [0.05, 0.1) is 18.1 Å². The maximum absolute atomic E-state index is 11.8. The Kier molecular flexibility index (Phi) is 11.0. The normalized spacial score (nSPS) is 16.0. The first-order chi connectivity index (χ1) is 12.5. The van der Waals surface area contributed by atoms with E-state index in [2.05, 4.69) is 12.5 Å². The Hall–Kier alpha value is -0.320. The zero-order valence-corrected chi connectivity index (χ0v) is 19.5. The number of sulfone groups is 1. The largest absolute Gasteiger partial charge is 0.295 e. The minimum absolute atomic E-state index is 0.129. The third-order valence-corrected chi connectivity index (χ3v) is 9.15. The van der Waals surface area contributed by atoms with Crippen LogP contribution < -0.4 is 0 Å². The van der Waals surface area contributed by atoms with Crippen LogP contribution in [0.1, 0.15) is 46.5 Å². The van der Waals surface area contributed by atoms with Crippen LogP contribution in [-0.2, 0) is 52.7 Å². The third kappa shape index (κ3) is 11.6. The molecule has 0 fully saturated rings. The van der Waals surface area contributed by atoms with Crippen LogP contribution in [0.5, 0.6) is 0 Å². The molecular weight excluding hydrogens is 460 g/mol. The van der Waals surface area contributed by atoms with Crippen molar-refractivity contribution in [3.8, 4) is 0 Å². The van der Waals surface area contributed by atoms with Gasteiger partial charge in [-0.1, -0.05) is 12.8 Å². The van der Waals surface area contributed by atoms with Crippen LogP contribution in [0, 0.1) is 0 Å². The Morgan fingerprint density at radius 2 is 1.07 bits per heavy atom. The Bertz CT molecular complexity index is 886. The predicted octanol–water partition coefficient (Wildman–Crippen LogP) is 0.343. The van der Waals surface area contributed by atoms with E-state index in [1.165, 1.54) is 6.92 Å². The summed E-state index contributed by atoms with van der Waals surface area (Å²) in [6, 6.07) is 0. The molecule has 2 atom stereocenters. The molecule has 0 saturated carbocycles. The lowest BCUT2D eigenvalue weighted by Crippen LogP contribution is -2.27. The Balaban J connectivity index is 4.29. The molecule has 0 aromatic heterocycles. The van der Waals surface area contributed by atoms with Gasteiger partial charge in [0.1, 0.15) is 0 Å². The smallest absolute Gasteiger partial charge is 0.268 e. The molecule has 0 amide bonds. The van der Waals surface area contributed by atoms with Gasteiger partial charge in [-0.2, -0.15) is 25.3 Å². The van der Waals surface area contributed by atoms with Gasteiger partial charge in [0.15, 0.2) is 20.7 Å². The quantitative estimate of drug-likeness (QED) is 0.230. The number of hydrogen-bond donors (Lipinski definition) is 0. The molecule has 11 nitrogen and oxygen atoms in total. The molecule has 0 bridgehead atoms. The SMILES string of the molecule is CCOS(=O)(=O)C(C)OS(=O)(=O)CCCCCCS(=O)(=O)OC(C)S(C)(=O)=O. The summed E-state index contributed by atoms with van der Waals surface area (Å²) in [4.78, 5) is 0. The second-order valence-electron chi connectivity index (χ2n) is 5.99. The molecule has 170 valence electrons. The Labute approximate surface area is 168 Å². The molecule has 0 heterocycles. The Morgan fingerprint density at radius 3 is 1.43 bits per heavy atom. The van der Waals surface area contributed by atoms with Crippen LogP contribution in [0.4, 0.5) is 0 Å². The van der Waals surface area contributed by atoms with Crippen molar-refractivity contribution in [1.29, 1.82) is 0 Å². The molecule has 0 rings (SSSR count). The van der Waals surface area contributed by atoms with Gasteiger partial charge < -0.3 is 0 Å². The number of unbranched alkanes of at least 4 members (excludes halogenated alkanes) is 3. The van der Waals surface area contributed by atoms with Gasteiger partial charge in [0, 0.05) is 6.26 Å². The van der Waals surface area contributed by atoms with Crippen LogP contribution in [0.3, 0.4) is 0 Å². The van der Waals surface area contributed by atoms with E-state index < -0.39 is 62.6 Å². The van der Waals surface area contributed by atoms with Crippen molar-refractivity contribution in [3.63, 3.8) is 0 Å². The van der Waals surface area contributed by atoms with Crippen LogP contribution >= 0.6 is 0 Å². The molecule has 2 unspecified atom stereocenters. The summed E-state index contributed by atoms with van der Waals surface area (Å²) in [5.41, 5.74) is -3.15. The van der Waals surface area contributed by atoms with E-state index in [1.54, 1.807) is 0 Å². The predicted molar refractivity (Wildman–Crippen MR) is 103 cm³/mol. The molecule has 0 aromatic rings. The van der Waals surface area contributed by atoms with Crippen LogP contribution in [0.25, 0.3) is 0 Å². The van der Waals surface area contributed by atoms with Crippen molar-refractivity contribution in [1.82, 2.24) is 0 Å². The average Bonchev–Trinajstić information content (AvgIpc) is 2.48. The molecule has 15 heteroatoms. The monoisotopic (exact) mass is 488 g/mol. The molecule has 0 saturated heterocycles. The van der Waals surface area contributed by atoms with Gasteiger partial charge in [-0.25, -0.2) is 12.6 Å². The summed E-state index contributed by atoms with van der Waals surface area (Å²) in [6.45, 7) is 3.45. The van der Waals surface area contributed by atoms with Gasteiger partial charge in [0.2, 0.25) is 0 Å². The molecule has 0 radical (unpaired) electrons. The fraction of sp³-hybridized carbons (Fsp3) is 1.00. The van der Waals surface area contributed by atoms with Crippen molar-refractivity contribution in [2.75, 3.05) is 24.4 Å². The average molecular weight is 489 g/mol. The number of hydrogen-bond acceptors (Lipinski definition) is 11. The molecular formula is C13H28O11S4. The summed E-state index contributed by atoms with van der Waals surface area (Å²) in [5, 5.41) is 0. The van der Waals surface area contributed by atoms with Crippen LogP contribution in [-0.4, -0.2) is 68.9 Å². The highest BCUT2D eigenvalue weighted by Gasteiger charge is 2.28. The summed E-state index contributed by atoms with van der Waals surface area (Å²) in [5.74, 6) is -0.840. The van der Waals surface area contributed by atoms with E-state index in [9.17, 15) is 33.7 Å². The lowest BCUT2D eigenvalue weighted by molar-refractivity contribution is 0.251. The summed E-state index contributed by atoms with van der Waals surface area (Å²) in [6.07, 6.45) is 1.82. The topological polar surface area (TPSA) is 164 Å². The summed E-state index contributed by atoms with van der Waals surface area (Å²) in [7, 11) is -15.9. The van der Waals surface area contributed by atoms with Crippen molar-refractivity contribution >= 4 is 40.2 Å². The van der Waals surface area contributed by atoms with E-state index >= 15 is 0 Å². The molecule has 0 N–H and O–H groups in total. The lowest BCUT2D eigenvalue weighted by atomic mass is 10.2. The standard InChI is InChI=1S/C13H28O11S4/c1-5-22-28(20,21)13(3)24-27(18,19)11-9-7-6-8-10-26(16,17)23-12(2)25(4,14)15/h12-13H,5-11H2,1-4H3. The van der Waals surface area contributed by atoms with Crippen LogP contribution in [0.2, 0.25) is 0 Å². The van der Waals surface area contributed by atoms with Gasteiger partial charge in [-0.15, -0.1) is 0 Å². The van der Waals surface area contributed by atoms with Gasteiger partial charge >= 0.3 is 0 Å². The van der Waals surface area contributed by atoms with Crippen molar-refractivity contribution in [3.05, 3.63) is 0 Å². The zero-order chi connectivity index (χ0) is 22.2. The lowest BCUT2D eigenvalue weighted by Gasteiger charge is -2.13. The fourth-order valence-corrected chi connectivity index (χ4v) is 6.13. The first kappa shape index (κ1) is 27.7. The molecule has 0 aliphatic rings. The van der Waals surface area contributed by atoms with E-state index in [0.717, 1.165) is 20.1 Å². The molecule has 28 heavy (non-hydrogen) atoms. The van der Waals surface area contributed by atoms with Gasteiger partial charge in [-0.3, -0.25) is 8.37 Å². The highest BCUT2D eigenvalue weighted by Crippen LogP contribution is 2.13. The van der Waals surface area contributed by atoms with Gasteiger partial charge in [0.25, 0.3) is 30.4 Å². The van der Waals surface area contributed by atoms with E-state index in [1.807, 2.05) is 0 Å². The first-order valence-electron chi connectivity index (χ1n) is 8.41. The molecule has 0 spiro atoms. The molecule has 0 aliphatic carbocycles. The highest BCUT2D eigenvalue weighted by molar-refractivity contribution is 7.92. The summed E-state index contributed by atoms with van der Waals surface area (Å²) < 4.78 is 106. The maximum atomic E-state index is 11.8. The minimum Gasteiger partial charge on any atom is -0.268 e. The molecule has 0 aliphatic heterocycles. The highest BCUT2D eigenvalue weighted by atomic mass is 32.2. The number of rotatable bonds is 15. The van der Waals surface area contributed by atoms with Crippen LogP contribution in [0.15, 0.2) is 0 Å². The Morgan fingerprint density at radius 1 is 0.679 bits per heavy atom. The first-order valence-corrected chi connectivity index (χ1v) is 15.0. The minimum atomic E-state index is -4.14. The second-order valence-corrected chi connectivity index (χ2v) is 13.6. The summed E-state index contributed by atoms with van der Waals surface area (Å²) >= 11 is 0. The van der Waals surface area contributed by atoms with Crippen molar-refractivity contribution < 1.29 is 46.2 Å². The van der Waals surface area contributed by atoms with E-state index in [4.69, 9.17) is 0 Å². The molecule has 0 aromatic carbocycles. The van der Waals surface area contributed by atoms with Crippen molar-refractivity contribution in [2.24, 2.45) is 0 Å². The zero-order valence-electron chi connectivity index (χ0n) is 16.2. The van der Waals surface area contributed by atoms with Crippen molar-refractivity contribution in [2.45, 2.75) is 57.3 Å². The second kappa shape index (κ2) is 11.2. The fourth-order valence-electron chi connectivity index (χ4n) is 1.80. The third-order valence-electron chi connectivity index (χ3n) is 3.39. The maximum Gasteiger partial charge on any atom is 0.295 e. The van der Waals surface area contributed by atoms with E-state index in [-0.39, 0.29) is 19.4 Å². The van der Waals surface area contributed by atoms with Gasteiger partial charge in [-0.05, 0) is 33.6 Å². The van der Waals surface area contributed by atoms with E-state index in [0.29, 0.717) is 12.8 Å².